The van der Waals surface area contributed by atoms with Crippen molar-refractivity contribution < 1.29 is 13.9 Å². The second-order valence-corrected chi connectivity index (χ2v) is 6.86. The molecular formula is C21H19N3O3S. The number of likely N-dealkylation sites (N-methyl/N-ethyl adjacent to an activating group) is 1. The van der Waals surface area contributed by atoms with Crippen LogP contribution in [0.3, 0.4) is 0 Å². The molecule has 6 nitrogen and oxygen atoms in total. The number of benzene rings is 1. The first kappa shape index (κ1) is 18.2. The SMILES string of the molecule is COC(=O)c1ccccc1-c1ccc([C@@H]2[C@H](c3ccccn3)NC(=S)N2C)o1. The maximum Gasteiger partial charge on any atom is 0.338 e. The van der Waals surface area contributed by atoms with Gasteiger partial charge in [-0.25, -0.2) is 4.79 Å². The molecule has 0 bridgehead atoms. The van der Waals surface area contributed by atoms with Gasteiger partial charge in [-0.15, -0.1) is 0 Å². The van der Waals surface area contributed by atoms with Crippen molar-refractivity contribution in [2.75, 3.05) is 14.2 Å². The molecular weight excluding hydrogens is 374 g/mol. The lowest BCUT2D eigenvalue weighted by Gasteiger charge is -2.21. The first-order chi connectivity index (χ1) is 13.6. The smallest absolute Gasteiger partial charge is 0.338 e. The third-order valence-electron chi connectivity index (χ3n) is 4.85. The van der Waals surface area contributed by atoms with Gasteiger partial charge < -0.3 is 19.4 Å². The molecule has 0 spiro atoms. The van der Waals surface area contributed by atoms with Gasteiger partial charge in [0.05, 0.1) is 24.4 Å². The van der Waals surface area contributed by atoms with E-state index >= 15 is 0 Å². The number of hydrogen-bond acceptors (Lipinski definition) is 5. The maximum atomic E-state index is 12.1. The quantitative estimate of drug-likeness (QED) is 0.535. The summed E-state index contributed by atoms with van der Waals surface area (Å²) in [5, 5.41) is 3.95. The molecule has 0 amide bonds. The average molecular weight is 393 g/mol. The van der Waals surface area contributed by atoms with Gasteiger partial charge in [0.25, 0.3) is 0 Å². The van der Waals surface area contributed by atoms with Crippen molar-refractivity contribution in [3.63, 3.8) is 0 Å². The highest BCUT2D eigenvalue weighted by Crippen LogP contribution is 2.39. The Bertz CT molecular complexity index is 1020. The Labute approximate surface area is 168 Å². The van der Waals surface area contributed by atoms with Crippen LogP contribution in [0.25, 0.3) is 11.3 Å². The number of esters is 1. The lowest BCUT2D eigenvalue weighted by molar-refractivity contribution is 0.0601. The summed E-state index contributed by atoms with van der Waals surface area (Å²) < 4.78 is 11.1. The van der Waals surface area contributed by atoms with Crippen molar-refractivity contribution >= 4 is 23.3 Å². The Balaban J connectivity index is 1.73. The van der Waals surface area contributed by atoms with Crippen LogP contribution in [-0.2, 0) is 4.74 Å². The molecule has 1 aliphatic rings. The van der Waals surface area contributed by atoms with E-state index in [0.29, 0.717) is 22.0 Å². The fourth-order valence-corrected chi connectivity index (χ4v) is 3.70. The van der Waals surface area contributed by atoms with Crippen molar-refractivity contribution in [3.8, 4) is 11.3 Å². The summed E-state index contributed by atoms with van der Waals surface area (Å²) in [5.74, 6) is 0.933. The number of aromatic nitrogens is 1. The summed E-state index contributed by atoms with van der Waals surface area (Å²) in [7, 11) is 3.29. The Morgan fingerprint density at radius 1 is 1.18 bits per heavy atom. The van der Waals surface area contributed by atoms with E-state index in [0.717, 1.165) is 11.5 Å². The van der Waals surface area contributed by atoms with Gasteiger partial charge >= 0.3 is 5.97 Å². The molecule has 3 heterocycles. The molecule has 28 heavy (non-hydrogen) atoms. The Kier molecular flexibility index (Phi) is 4.83. The topological polar surface area (TPSA) is 67.6 Å². The fraction of sp³-hybridized carbons (Fsp3) is 0.190. The Morgan fingerprint density at radius 2 is 1.96 bits per heavy atom. The molecule has 2 aromatic heterocycles. The highest BCUT2D eigenvalue weighted by atomic mass is 32.1. The van der Waals surface area contributed by atoms with Crippen molar-refractivity contribution in [2.45, 2.75) is 12.1 Å². The van der Waals surface area contributed by atoms with E-state index in [1.54, 1.807) is 18.3 Å². The highest BCUT2D eigenvalue weighted by Gasteiger charge is 2.39. The van der Waals surface area contributed by atoms with Gasteiger partial charge in [0.2, 0.25) is 0 Å². The molecule has 4 rings (SSSR count). The number of nitrogens with zero attached hydrogens (tertiary/aromatic N) is 2. The summed E-state index contributed by atoms with van der Waals surface area (Å²) in [6, 6.07) is 16.5. The number of thiocarbonyl (C=S) groups is 1. The number of carbonyl (C=O) groups is 1. The maximum absolute atomic E-state index is 12.1. The molecule has 1 saturated heterocycles. The molecule has 1 fully saturated rings. The van der Waals surface area contributed by atoms with E-state index in [9.17, 15) is 4.79 Å². The molecule has 0 unspecified atom stereocenters. The van der Waals surface area contributed by atoms with Crippen molar-refractivity contribution in [2.24, 2.45) is 0 Å². The summed E-state index contributed by atoms with van der Waals surface area (Å²) >= 11 is 5.45. The van der Waals surface area contributed by atoms with Crippen LogP contribution in [-0.4, -0.2) is 35.1 Å². The van der Waals surface area contributed by atoms with E-state index in [4.69, 9.17) is 21.4 Å². The van der Waals surface area contributed by atoms with E-state index < -0.39 is 5.97 Å². The monoisotopic (exact) mass is 393 g/mol. The average Bonchev–Trinajstić information content (AvgIpc) is 3.33. The normalized spacial score (nSPS) is 18.8. The van der Waals surface area contributed by atoms with Gasteiger partial charge in [-0.05, 0) is 42.5 Å². The number of carbonyl (C=O) groups excluding carboxylic acids is 1. The summed E-state index contributed by atoms with van der Waals surface area (Å²) in [6.45, 7) is 0. The van der Waals surface area contributed by atoms with Gasteiger partial charge in [-0.3, -0.25) is 4.98 Å². The van der Waals surface area contributed by atoms with Crippen LogP contribution in [0.4, 0.5) is 0 Å². The second kappa shape index (κ2) is 7.44. The molecule has 1 aromatic carbocycles. The van der Waals surface area contributed by atoms with Gasteiger partial charge in [-0.2, -0.15) is 0 Å². The number of nitrogens with one attached hydrogen (secondary N) is 1. The standard InChI is InChI=1S/C21H19N3O3S/c1-24-19(18(23-21(24)28)15-9-5-6-12-22-15)17-11-10-16(27-17)13-7-3-4-8-14(13)20(25)26-2/h3-12,18-19H,1-2H3,(H,23,28)/t18-,19+/m0/s1. The Hall–Kier alpha value is -3.19. The van der Waals surface area contributed by atoms with Crippen molar-refractivity contribution in [3.05, 3.63) is 77.8 Å². The van der Waals surface area contributed by atoms with Crippen LogP contribution in [0.15, 0.2) is 65.2 Å². The van der Waals surface area contributed by atoms with Crippen molar-refractivity contribution in [1.82, 2.24) is 15.2 Å². The van der Waals surface area contributed by atoms with E-state index in [1.807, 2.05) is 54.4 Å². The van der Waals surface area contributed by atoms with Gasteiger partial charge in [0.1, 0.15) is 17.6 Å². The van der Waals surface area contributed by atoms with Crippen LogP contribution >= 0.6 is 12.2 Å². The number of pyridine rings is 1. The van der Waals surface area contributed by atoms with Crippen LogP contribution in [0.1, 0.15) is 33.9 Å². The number of methoxy groups -OCH3 is 1. The van der Waals surface area contributed by atoms with E-state index in [1.165, 1.54) is 7.11 Å². The number of hydrogen-bond donors (Lipinski definition) is 1. The summed E-state index contributed by atoms with van der Waals surface area (Å²) in [5.41, 5.74) is 2.03. The van der Waals surface area contributed by atoms with Gasteiger partial charge in [0, 0.05) is 18.8 Å². The minimum atomic E-state index is -0.402. The molecule has 3 aromatic rings. The zero-order valence-electron chi connectivity index (χ0n) is 15.5. The molecule has 0 saturated carbocycles. The lowest BCUT2D eigenvalue weighted by atomic mass is 10.0. The molecule has 7 heteroatoms. The molecule has 142 valence electrons. The predicted octanol–water partition coefficient (Wildman–Crippen LogP) is 3.73. The fourth-order valence-electron chi connectivity index (χ4n) is 3.46. The third kappa shape index (κ3) is 3.14. The molecule has 0 aliphatic carbocycles. The van der Waals surface area contributed by atoms with Gasteiger partial charge in [0.15, 0.2) is 5.11 Å². The minimum absolute atomic E-state index is 0.131. The predicted molar refractivity (Wildman–Crippen MR) is 109 cm³/mol. The third-order valence-corrected chi connectivity index (χ3v) is 5.26. The van der Waals surface area contributed by atoms with Crippen LogP contribution in [0.2, 0.25) is 0 Å². The number of rotatable bonds is 4. The van der Waals surface area contributed by atoms with E-state index in [-0.39, 0.29) is 12.1 Å². The van der Waals surface area contributed by atoms with E-state index in [2.05, 4.69) is 10.3 Å². The lowest BCUT2D eigenvalue weighted by Crippen LogP contribution is -2.24. The second-order valence-electron chi connectivity index (χ2n) is 6.48. The zero-order chi connectivity index (χ0) is 19.7. The summed E-state index contributed by atoms with van der Waals surface area (Å²) in [4.78, 5) is 18.5. The van der Waals surface area contributed by atoms with Gasteiger partial charge in [-0.1, -0.05) is 24.3 Å². The van der Waals surface area contributed by atoms with Crippen LogP contribution in [0, 0.1) is 0 Å². The van der Waals surface area contributed by atoms with Crippen LogP contribution < -0.4 is 5.32 Å². The molecule has 1 N–H and O–H groups in total. The zero-order valence-corrected chi connectivity index (χ0v) is 16.3. The number of ether oxygens (including phenoxy) is 1. The minimum Gasteiger partial charge on any atom is -0.465 e. The highest BCUT2D eigenvalue weighted by molar-refractivity contribution is 7.80. The first-order valence-corrected chi connectivity index (χ1v) is 9.22. The molecule has 1 aliphatic heterocycles. The van der Waals surface area contributed by atoms with Crippen molar-refractivity contribution in [1.29, 1.82) is 0 Å². The number of furan rings is 1. The summed E-state index contributed by atoms with van der Waals surface area (Å²) in [6.07, 6.45) is 1.76. The largest absolute Gasteiger partial charge is 0.465 e. The first-order valence-electron chi connectivity index (χ1n) is 8.82. The molecule has 0 radical (unpaired) electrons. The Morgan fingerprint density at radius 3 is 2.71 bits per heavy atom. The molecule has 2 atom stereocenters. The van der Waals surface area contributed by atoms with Crippen LogP contribution in [0.5, 0.6) is 0 Å².